The van der Waals surface area contributed by atoms with E-state index >= 15 is 0 Å². The molecule has 12 heteroatoms. The van der Waals surface area contributed by atoms with E-state index in [0.717, 1.165) is 14.9 Å². The van der Waals surface area contributed by atoms with Gasteiger partial charge in [0.15, 0.2) is 0 Å². The molecule has 0 unspecified atom stereocenters. The van der Waals surface area contributed by atoms with Crippen LogP contribution in [0.25, 0.3) is 0 Å². The van der Waals surface area contributed by atoms with Crippen molar-refractivity contribution >= 4 is 85.7 Å². The van der Waals surface area contributed by atoms with Crippen LogP contribution in [-0.4, -0.2) is 42.9 Å². The first kappa shape index (κ1) is 27.1. The standard InChI is InChI=1S/C26H17BrCl4N2O5/c1-10-8-11(4-6-14(10)27)32-22(13-9-12(37-2)5-7-15(13)38-3)23(26(32)36)33-24(34)16-17(25(33)35)19(29)21(31)20(30)18(16)28/h4-9,22-23H,1-3H3/t22-,23-/m1/s1. The van der Waals surface area contributed by atoms with Crippen molar-refractivity contribution in [2.45, 2.75) is 19.0 Å². The molecule has 2 aliphatic rings. The quantitative estimate of drug-likeness (QED) is 0.126. The lowest BCUT2D eigenvalue weighted by atomic mass is 9.85. The summed E-state index contributed by atoms with van der Waals surface area (Å²) < 4.78 is 11.9. The number of ether oxygens (including phenoxy) is 2. The molecule has 38 heavy (non-hydrogen) atoms. The Labute approximate surface area is 246 Å². The molecular weight excluding hydrogens is 642 g/mol. The second-order valence-corrected chi connectivity index (χ2v) is 11.0. The SMILES string of the molecule is COc1ccc(OC)c([C@@H]2[C@@H](N3C(=O)c4c(Cl)c(Cl)c(Cl)c(Cl)c4C3=O)C(=O)N2c2ccc(Br)c(C)c2)c1. The Morgan fingerprint density at radius 3 is 1.89 bits per heavy atom. The van der Waals surface area contributed by atoms with E-state index in [4.69, 9.17) is 55.9 Å². The van der Waals surface area contributed by atoms with Crippen LogP contribution in [0.1, 0.15) is 37.9 Å². The number of halogens is 5. The van der Waals surface area contributed by atoms with Gasteiger partial charge in [0.05, 0.1) is 51.5 Å². The Kier molecular flexibility index (Phi) is 7.07. The molecule has 3 aromatic rings. The van der Waals surface area contributed by atoms with Gasteiger partial charge in [-0.1, -0.05) is 62.3 Å². The molecule has 0 bridgehead atoms. The maximum atomic E-state index is 13.8. The summed E-state index contributed by atoms with van der Waals surface area (Å²) in [5.74, 6) is -1.15. The fourth-order valence-corrected chi connectivity index (χ4v) is 6.05. The summed E-state index contributed by atoms with van der Waals surface area (Å²) in [4.78, 5) is 43.5. The number of anilines is 1. The maximum Gasteiger partial charge on any atom is 0.264 e. The normalized spacial score (nSPS) is 18.6. The number of methoxy groups -OCH3 is 2. The Morgan fingerprint density at radius 1 is 0.763 bits per heavy atom. The minimum absolute atomic E-state index is 0.155. The third-order valence-corrected chi connectivity index (χ3v) is 9.35. The maximum absolute atomic E-state index is 13.8. The van der Waals surface area contributed by atoms with Crippen LogP contribution in [0.15, 0.2) is 40.9 Å². The number of imide groups is 1. The zero-order valence-electron chi connectivity index (χ0n) is 19.9. The monoisotopic (exact) mass is 656 g/mol. The number of hydrogen-bond acceptors (Lipinski definition) is 5. The van der Waals surface area contributed by atoms with E-state index in [1.54, 1.807) is 24.3 Å². The zero-order chi connectivity index (χ0) is 27.6. The Balaban J connectivity index is 1.69. The largest absolute Gasteiger partial charge is 0.497 e. The van der Waals surface area contributed by atoms with Crippen LogP contribution in [0.5, 0.6) is 11.5 Å². The van der Waals surface area contributed by atoms with Crippen LogP contribution in [-0.2, 0) is 4.79 Å². The number of benzene rings is 3. The predicted molar refractivity (Wildman–Crippen MR) is 149 cm³/mol. The highest BCUT2D eigenvalue weighted by Crippen LogP contribution is 2.51. The van der Waals surface area contributed by atoms with Gasteiger partial charge in [-0.3, -0.25) is 19.3 Å². The van der Waals surface area contributed by atoms with Gasteiger partial charge < -0.3 is 14.4 Å². The average Bonchev–Trinajstić information content (AvgIpc) is 3.16. The lowest BCUT2D eigenvalue weighted by Gasteiger charge is -2.50. The molecule has 2 heterocycles. The first-order valence-corrected chi connectivity index (χ1v) is 13.4. The van der Waals surface area contributed by atoms with Crippen molar-refractivity contribution in [1.82, 2.24) is 4.90 Å². The van der Waals surface area contributed by atoms with E-state index in [-0.39, 0.29) is 31.2 Å². The van der Waals surface area contributed by atoms with E-state index in [1.165, 1.54) is 19.1 Å². The number of nitrogens with zero attached hydrogens (tertiary/aromatic N) is 2. The fraction of sp³-hybridized carbons (Fsp3) is 0.192. The molecule has 0 aliphatic carbocycles. The average molecular weight is 659 g/mol. The van der Waals surface area contributed by atoms with Gasteiger partial charge in [0.1, 0.15) is 17.5 Å². The number of carbonyl (C=O) groups is 3. The minimum Gasteiger partial charge on any atom is -0.497 e. The predicted octanol–water partition coefficient (Wildman–Crippen LogP) is 7.14. The van der Waals surface area contributed by atoms with Gasteiger partial charge in [-0.25, -0.2) is 0 Å². The first-order chi connectivity index (χ1) is 18.0. The molecule has 7 nitrogen and oxygen atoms in total. The lowest BCUT2D eigenvalue weighted by molar-refractivity contribution is -0.130. The summed E-state index contributed by atoms with van der Waals surface area (Å²) in [6.45, 7) is 1.89. The highest BCUT2D eigenvalue weighted by Gasteiger charge is 2.59. The molecule has 0 N–H and O–H groups in total. The molecule has 3 aromatic carbocycles. The van der Waals surface area contributed by atoms with Crippen molar-refractivity contribution in [3.05, 3.63) is 83.2 Å². The Hall–Kier alpha value is -2.49. The summed E-state index contributed by atoms with van der Waals surface area (Å²) in [5.41, 5.74) is 1.59. The number of hydrogen-bond donors (Lipinski definition) is 0. The second kappa shape index (κ2) is 9.92. The summed E-state index contributed by atoms with van der Waals surface area (Å²) >= 11 is 28.5. The smallest absolute Gasteiger partial charge is 0.264 e. The van der Waals surface area contributed by atoms with Crippen LogP contribution in [0.2, 0.25) is 20.1 Å². The van der Waals surface area contributed by atoms with E-state index in [2.05, 4.69) is 15.9 Å². The Morgan fingerprint density at radius 2 is 1.37 bits per heavy atom. The summed E-state index contributed by atoms with van der Waals surface area (Å²) in [6, 6.07) is 8.45. The number of carbonyl (C=O) groups excluding carboxylic acids is 3. The molecule has 2 aliphatic heterocycles. The molecule has 1 saturated heterocycles. The molecule has 0 spiro atoms. The highest BCUT2D eigenvalue weighted by atomic mass is 79.9. The van der Waals surface area contributed by atoms with Crippen molar-refractivity contribution in [3.8, 4) is 11.5 Å². The van der Waals surface area contributed by atoms with Crippen molar-refractivity contribution in [2.75, 3.05) is 19.1 Å². The molecule has 1 fully saturated rings. The van der Waals surface area contributed by atoms with Crippen molar-refractivity contribution in [1.29, 1.82) is 0 Å². The number of β-lactam (4-membered cyclic amide) rings is 1. The van der Waals surface area contributed by atoms with Gasteiger partial charge in [-0.05, 0) is 48.9 Å². The molecular formula is C26H17BrCl4N2O5. The van der Waals surface area contributed by atoms with E-state index in [0.29, 0.717) is 22.7 Å². The topological polar surface area (TPSA) is 76.1 Å². The first-order valence-electron chi connectivity index (χ1n) is 11.1. The van der Waals surface area contributed by atoms with Crippen molar-refractivity contribution in [3.63, 3.8) is 0 Å². The lowest BCUT2D eigenvalue weighted by Crippen LogP contribution is -2.67. The van der Waals surface area contributed by atoms with Gasteiger partial charge in [0.2, 0.25) is 0 Å². The third-order valence-electron chi connectivity index (χ3n) is 6.65. The van der Waals surface area contributed by atoms with E-state index < -0.39 is 29.8 Å². The number of amides is 3. The van der Waals surface area contributed by atoms with Crippen molar-refractivity contribution in [2.24, 2.45) is 0 Å². The van der Waals surface area contributed by atoms with Gasteiger partial charge in [0.25, 0.3) is 17.7 Å². The second-order valence-electron chi connectivity index (χ2n) is 8.63. The third kappa shape index (κ3) is 3.88. The van der Waals surface area contributed by atoms with Crippen molar-refractivity contribution < 1.29 is 23.9 Å². The number of aryl methyl sites for hydroxylation is 1. The molecule has 0 saturated carbocycles. The number of fused-ring (bicyclic) bond motifs is 1. The molecule has 3 amide bonds. The Bertz CT molecular complexity index is 1520. The summed E-state index contributed by atoms with van der Waals surface area (Å²) in [5, 5.41) is -0.727. The van der Waals surface area contributed by atoms with Gasteiger partial charge >= 0.3 is 0 Å². The zero-order valence-corrected chi connectivity index (χ0v) is 24.6. The summed E-state index contributed by atoms with van der Waals surface area (Å²) in [6.07, 6.45) is 0. The molecule has 5 rings (SSSR count). The van der Waals surface area contributed by atoms with Gasteiger partial charge in [-0.2, -0.15) is 0 Å². The fourth-order valence-electron chi connectivity index (χ4n) is 4.79. The van der Waals surface area contributed by atoms with E-state index in [9.17, 15) is 14.4 Å². The molecule has 196 valence electrons. The molecule has 0 radical (unpaired) electrons. The van der Waals surface area contributed by atoms with Crippen LogP contribution in [0.4, 0.5) is 5.69 Å². The number of rotatable bonds is 5. The van der Waals surface area contributed by atoms with Crippen LogP contribution < -0.4 is 14.4 Å². The highest BCUT2D eigenvalue weighted by molar-refractivity contribution is 9.10. The summed E-state index contributed by atoms with van der Waals surface area (Å²) in [7, 11) is 2.99. The van der Waals surface area contributed by atoms with Crippen LogP contribution in [0.3, 0.4) is 0 Å². The van der Waals surface area contributed by atoms with Gasteiger partial charge in [-0.15, -0.1) is 0 Å². The minimum atomic E-state index is -1.24. The molecule has 0 aromatic heterocycles. The molecule has 2 atom stereocenters. The van der Waals surface area contributed by atoms with Gasteiger partial charge in [0, 0.05) is 15.7 Å². The van der Waals surface area contributed by atoms with E-state index in [1.807, 2.05) is 19.1 Å². The van der Waals surface area contributed by atoms with Crippen LogP contribution >= 0.6 is 62.3 Å². The van der Waals surface area contributed by atoms with Crippen LogP contribution in [0, 0.1) is 6.92 Å².